The third-order valence-corrected chi connectivity index (χ3v) is 2.13. The number of ketones is 1. The number of rotatable bonds is 6. The molecule has 0 aliphatic heterocycles. The molecule has 0 saturated carbocycles. The van der Waals surface area contributed by atoms with Crippen molar-refractivity contribution in [2.75, 3.05) is 6.61 Å². The number of aliphatic hydroxyl groups is 1. The van der Waals surface area contributed by atoms with Gasteiger partial charge in [-0.3, -0.25) is 4.79 Å². The Morgan fingerprint density at radius 1 is 1.50 bits per heavy atom. The number of carbonyl (C=O) groups excluding carboxylic acids is 1. The number of nitrogens with zero attached hydrogens (tertiary/aromatic N) is 2. The molecule has 0 aliphatic carbocycles. The zero-order chi connectivity index (χ0) is 10.4. The van der Waals surface area contributed by atoms with Crippen molar-refractivity contribution in [1.29, 1.82) is 0 Å². The maximum absolute atomic E-state index is 11.5. The van der Waals surface area contributed by atoms with E-state index in [9.17, 15) is 4.79 Å². The molecule has 4 heteroatoms. The van der Waals surface area contributed by atoms with Crippen molar-refractivity contribution in [2.45, 2.75) is 25.7 Å². The molecule has 0 amide bonds. The van der Waals surface area contributed by atoms with E-state index in [0.29, 0.717) is 12.2 Å². The lowest BCUT2D eigenvalue weighted by Crippen LogP contribution is -2.07. The number of hydrogen-bond donors (Lipinski definition) is 1. The van der Waals surface area contributed by atoms with Crippen molar-refractivity contribution in [3.8, 4) is 0 Å². The highest BCUT2D eigenvalue weighted by molar-refractivity contribution is 5.92. The molecule has 1 heterocycles. The van der Waals surface area contributed by atoms with Crippen LogP contribution in [0.3, 0.4) is 0 Å². The lowest BCUT2D eigenvalue weighted by molar-refractivity contribution is 0.0965. The van der Waals surface area contributed by atoms with E-state index in [1.54, 1.807) is 17.0 Å². The fourth-order valence-corrected chi connectivity index (χ4v) is 1.32. The van der Waals surface area contributed by atoms with Gasteiger partial charge in [0.15, 0.2) is 11.6 Å². The van der Waals surface area contributed by atoms with Gasteiger partial charge in [0.2, 0.25) is 0 Å². The van der Waals surface area contributed by atoms with Crippen molar-refractivity contribution in [3.05, 3.63) is 18.2 Å². The minimum absolute atomic E-state index is 0.0791. The van der Waals surface area contributed by atoms with Crippen LogP contribution in [0.1, 0.15) is 36.3 Å². The van der Waals surface area contributed by atoms with E-state index in [0.717, 1.165) is 19.3 Å². The number of aryl methyl sites for hydroxylation is 1. The third-order valence-electron chi connectivity index (χ3n) is 2.13. The highest BCUT2D eigenvalue weighted by Gasteiger charge is 2.09. The van der Waals surface area contributed by atoms with Gasteiger partial charge in [0, 0.05) is 32.5 Å². The van der Waals surface area contributed by atoms with E-state index >= 15 is 0 Å². The molecule has 78 valence electrons. The van der Waals surface area contributed by atoms with Crippen LogP contribution in [0.15, 0.2) is 12.4 Å². The second kappa shape index (κ2) is 5.54. The van der Waals surface area contributed by atoms with Gasteiger partial charge >= 0.3 is 0 Å². The van der Waals surface area contributed by atoms with E-state index in [1.165, 1.54) is 0 Å². The second-order valence-electron chi connectivity index (χ2n) is 3.32. The summed E-state index contributed by atoms with van der Waals surface area (Å²) in [5.74, 6) is 0.601. The Labute approximate surface area is 83.6 Å². The summed E-state index contributed by atoms with van der Waals surface area (Å²) >= 11 is 0. The Morgan fingerprint density at radius 2 is 2.29 bits per heavy atom. The standard InChI is InChI=1S/C10H16N2O2/c1-12-7-6-11-10(12)9(14)5-3-2-4-8-13/h6-7,13H,2-5,8H2,1H3. The molecule has 1 aromatic heterocycles. The number of aliphatic hydroxyl groups excluding tert-OH is 1. The molecule has 1 rings (SSSR count). The molecule has 0 aromatic carbocycles. The Hall–Kier alpha value is -1.16. The summed E-state index contributed by atoms with van der Waals surface area (Å²) in [4.78, 5) is 15.5. The molecular weight excluding hydrogens is 180 g/mol. The van der Waals surface area contributed by atoms with Crippen molar-refractivity contribution in [2.24, 2.45) is 7.05 Å². The van der Waals surface area contributed by atoms with Gasteiger partial charge in [-0.15, -0.1) is 0 Å². The fourth-order valence-electron chi connectivity index (χ4n) is 1.32. The molecule has 14 heavy (non-hydrogen) atoms. The summed E-state index contributed by atoms with van der Waals surface area (Å²) < 4.78 is 1.73. The number of imidazole rings is 1. The topological polar surface area (TPSA) is 55.1 Å². The first-order valence-electron chi connectivity index (χ1n) is 4.87. The minimum Gasteiger partial charge on any atom is -0.396 e. The Bertz CT molecular complexity index is 294. The molecular formula is C10H16N2O2. The van der Waals surface area contributed by atoms with Gasteiger partial charge in [0.25, 0.3) is 0 Å². The van der Waals surface area contributed by atoms with E-state index in [1.807, 2.05) is 7.05 Å². The maximum Gasteiger partial charge on any atom is 0.198 e. The van der Waals surface area contributed by atoms with Crippen LogP contribution < -0.4 is 0 Å². The monoisotopic (exact) mass is 196 g/mol. The molecule has 1 N–H and O–H groups in total. The van der Waals surface area contributed by atoms with Crippen molar-refractivity contribution >= 4 is 5.78 Å². The predicted molar refractivity (Wildman–Crippen MR) is 53.1 cm³/mol. The molecule has 0 saturated heterocycles. The molecule has 4 nitrogen and oxygen atoms in total. The number of aromatic nitrogens is 2. The van der Waals surface area contributed by atoms with Gasteiger partial charge in [-0.25, -0.2) is 4.98 Å². The smallest absolute Gasteiger partial charge is 0.198 e. The number of hydrogen-bond acceptors (Lipinski definition) is 3. The van der Waals surface area contributed by atoms with E-state index in [-0.39, 0.29) is 12.4 Å². The first-order chi connectivity index (χ1) is 6.75. The first kappa shape index (κ1) is 10.9. The average molecular weight is 196 g/mol. The van der Waals surface area contributed by atoms with E-state index in [4.69, 9.17) is 5.11 Å². The SMILES string of the molecule is Cn1ccnc1C(=O)CCCCCO. The molecule has 0 radical (unpaired) electrons. The first-order valence-corrected chi connectivity index (χ1v) is 4.87. The molecule has 0 spiro atoms. The van der Waals surface area contributed by atoms with Gasteiger partial charge in [0.1, 0.15) is 0 Å². The summed E-state index contributed by atoms with van der Waals surface area (Å²) in [5.41, 5.74) is 0. The Morgan fingerprint density at radius 3 is 2.86 bits per heavy atom. The van der Waals surface area contributed by atoms with Crippen LogP contribution in [0.25, 0.3) is 0 Å². The molecule has 0 unspecified atom stereocenters. The zero-order valence-electron chi connectivity index (χ0n) is 8.44. The van der Waals surface area contributed by atoms with Gasteiger partial charge in [-0.1, -0.05) is 6.42 Å². The number of unbranched alkanes of at least 4 members (excludes halogenated alkanes) is 2. The molecule has 0 bridgehead atoms. The van der Waals surface area contributed by atoms with Gasteiger partial charge in [0.05, 0.1) is 0 Å². The number of Topliss-reactive ketones (excluding diaryl/α,β-unsaturated/α-hetero) is 1. The van der Waals surface area contributed by atoms with E-state index < -0.39 is 0 Å². The quantitative estimate of drug-likeness (QED) is 0.548. The zero-order valence-corrected chi connectivity index (χ0v) is 8.44. The molecule has 1 aromatic rings. The Kier molecular flexibility index (Phi) is 4.32. The second-order valence-corrected chi connectivity index (χ2v) is 3.32. The van der Waals surface area contributed by atoms with Gasteiger partial charge in [-0.05, 0) is 12.8 Å². The predicted octanol–water partition coefficient (Wildman–Crippen LogP) is 1.16. The fraction of sp³-hybridized carbons (Fsp3) is 0.600. The largest absolute Gasteiger partial charge is 0.396 e. The van der Waals surface area contributed by atoms with Crippen LogP contribution in [-0.4, -0.2) is 27.0 Å². The average Bonchev–Trinajstić information content (AvgIpc) is 2.59. The van der Waals surface area contributed by atoms with Crippen molar-refractivity contribution in [3.63, 3.8) is 0 Å². The highest BCUT2D eigenvalue weighted by atomic mass is 16.2. The normalized spacial score (nSPS) is 10.4. The summed E-state index contributed by atoms with van der Waals surface area (Å²) in [6.07, 6.45) is 6.40. The van der Waals surface area contributed by atoms with Crippen LogP contribution in [0, 0.1) is 0 Å². The van der Waals surface area contributed by atoms with Gasteiger partial charge in [-0.2, -0.15) is 0 Å². The highest BCUT2D eigenvalue weighted by Crippen LogP contribution is 2.05. The summed E-state index contributed by atoms with van der Waals surface area (Å²) in [7, 11) is 1.81. The molecule has 0 fully saturated rings. The molecule has 0 atom stereocenters. The van der Waals surface area contributed by atoms with Crippen LogP contribution in [0.5, 0.6) is 0 Å². The maximum atomic E-state index is 11.5. The minimum atomic E-state index is 0.0791. The van der Waals surface area contributed by atoms with Crippen LogP contribution in [0.2, 0.25) is 0 Å². The molecule has 0 aliphatic rings. The lowest BCUT2D eigenvalue weighted by Gasteiger charge is -2.00. The summed E-state index contributed by atoms with van der Waals surface area (Å²) in [6, 6.07) is 0. The van der Waals surface area contributed by atoms with Gasteiger partial charge < -0.3 is 9.67 Å². The lowest BCUT2D eigenvalue weighted by atomic mass is 10.1. The van der Waals surface area contributed by atoms with E-state index in [2.05, 4.69) is 4.98 Å². The van der Waals surface area contributed by atoms with Crippen LogP contribution in [-0.2, 0) is 7.05 Å². The van der Waals surface area contributed by atoms with Crippen LogP contribution >= 0.6 is 0 Å². The summed E-state index contributed by atoms with van der Waals surface area (Å²) in [6.45, 7) is 0.205. The van der Waals surface area contributed by atoms with Crippen molar-refractivity contribution < 1.29 is 9.90 Å². The Balaban J connectivity index is 2.32. The summed E-state index contributed by atoms with van der Waals surface area (Å²) in [5, 5.41) is 8.56. The van der Waals surface area contributed by atoms with Crippen LogP contribution in [0.4, 0.5) is 0 Å². The third kappa shape index (κ3) is 2.96. The van der Waals surface area contributed by atoms with Crippen molar-refractivity contribution in [1.82, 2.24) is 9.55 Å². The number of carbonyl (C=O) groups is 1.